The largest absolute Gasteiger partial charge is 0.495 e. The minimum atomic E-state index is -0.963. The van der Waals surface area contributed by atoms with Crippen LogP contribution in [0.1, 0.15) is 31.2 Å². The Hall–Kier alpha value is -3.69. The van der Waals surface area contributed by atoms with Gasteiger partial charge >= 0.3 is 0 Å². The van der Waals surface area contributed by atoms with E-state index < -0.39 is 6.10 Å². The molecule has 1 fully saturated rings. The molecule has 1 unspecified atom stereocenters. The highest BCUT2D eigenvalue weighted by atomic mass is 35.5. The van der Waals surface area contributed by atoms with Crippen LogP contribution in [0.4, 0.5) is 11.6 Å². The van der Waals surface area contributed by atoms with Crippen LogP contribution in [0, 0.1) is 0 Å². The number of pyridine rings is 1. The molecule has 1 saturated heterocycles. The summed E-state index contributed by atoms with van der Waals surface area (Å²) in [4.78, 5) is 22.8. The standard InChI is InChI=1S/C26H27ClN6O3/c1-16(34)25(35)32-11-8-17(9-12-32)18-6-7-21(23(13-18)36-2)30-26-28-15-20(27)24(31-26)19-14-29-33-10-4-3-5-22(19)33/h3-7,10,13-17,34H,8-9,11-12H2,1-2H3,(H,28,30,31). The van der Waals surface area contributed by atoms with Crippen molar-refractivity contribution in [1.29, 1.82) is 0 Å². The van der Waals surface area contributed by atoms with Gasteiger partial charge < -0.3 is 20.1 Å². The van der Waals surface area contributed by atoms with E-state index in [2.05, 4.69) is 26.4 Å². The highest BCUT2D eigenvalue weighted by Gasteiger charge is 2.26. The number of benzene rings is 1. The number of ether oxygens (including phenoxy) is 1. The van der Waals surface area contributed by atoms with E-state index in [1.807, 2.05) is 36.5 Å². The van der Waals surface area contributed by atoms with Crippen LogP contribution in [-0.2, 0) is 4.79 Å². The van der Waals surface area contributed by atoms with Gasteiger partial charge in [0.15, 0.2) is 0 Å². The van der Waals surface area contributed by atoms with Gasteiger partial charge in [-0.2, -0.15) is 5.10 Å². The van der Waals surface area contributed by atoms with E-state index >= 15 is 0 Å². The molecule has 1 aliphatic rings. The van der Waals surface area contributed by atoms with Crippen LogP contribution >= 0.6 is 11.6 Å². The Morgan fingerprint density at radius 2 is 2.03 bits per heavy atom. The molecule has 36 heavy (non-hydrogen) atoms. The molecule has 2 N–H and O–H groups in total. The molecule has 9 nitrogen and oxygen atoms in total. The van der Waals surface area contributed by atoms with Crippen molar-refractivity contribution in [2.75, 3.05) is 25.5 Å². The van der Waals surface area contributed by atoms with E-state index in [0.29, 0.717) is 41.4 Å². The summed E-state index contributed by atoms with van der Waals surface area (Å²) in [5.41, 5.74) is 4.17. The van der Waals surface area contributed by atoms with Gasteiger partial charge in [-0.15, -0.1) is 0 Å². The zero-order chi connectivity index (χ0) is 25.2. The highest BCUT2D eigenvalue weighted by Crippen LogP contribution is 2.36. The number of likely N-dealkylation sites (tertiary alicyclic amines) is 1. The molecule has 4 heterocycles. The Morgan fingerprint density at radius 3 is 2.78 bits per heavy atom. The first-order chi connectivity index (χ1) is 17.4. The van der Waals surface area contributed by atoms with E-state index in [9.17, 15) is 9.90 Å². The molecule has 3 aromatic heterocycles. The van der Waals surface area contributed by atoms with E-state index in [1.54, 1.807) is 28.9 Å². The zero-order valence-electron chi connectivity index (χ0n) is 20.1. The first-order valence-electron chi connectivity index (χ1n) is 11.8. The quantitative estimate of drug-likeness (QED) is 0.402. The maximum atomic E-state index is 12.1. The van der Waals surface area contributed by atoms with Gasteiger partial charge in [0.1, 0.15) is 11.9 Å². The number of aromatic nitrogens is 4. The van der Waals surface area contributed by atoms with Gasteiger partial charge in [-0.3, -0.25) is 4.79 Å². The molecular weight excluding hydrogens is 480 g/mol. The normalized spacial score (nSPS) is 15.2. The fraction of sp³-hybridized carbons (Fsp3) is 0.308. The minimum absolute atomic E-state index is 0.211. The number of carbonyl (C=O) groups excluding carboxylic acids is 1. The van der Waals surface area contributed by atoms with Gasteiger partial charge in [0.05, 0.1) is 41.4 Å². The predicted molar refractivity (Wildman–Crippen MR) is 138 cm³/mol. The molecule has 0 spiro atoms. The molecule has 0 bridgehead atoms. The molecule has 1 atom stereocenters. The van der Waals surface area contributed by atoms with Crippen molar-refractivity contribution >= 4 is 34.7 Å². The number of aliphatic hydroxyl groups excluding tert-OH is 1. The van der Waals surface area contributed by atoms with Crippen LogP contribution < -0.4 is 10.1 Å². The molecule has 1 amide bonds. The summed E-state index contributed by atoms with van der Waals surface area (Å²) in [5.74, 6) is 1.16. The van der Waals surface area contributed by atoms with Gasteiger partial charge in [0, 0.05) is 24.8 Å². The SMILES string of the molecule is COc1cc(C2CCN(C(=O)C(C)O)CC2)ccc1Nc1ncc(Cl)c(-c2cnn3ccccc23)n1. The van der Waals surface area contributed by atoms with Crippen molar-refractivity contribution in [3.8, 4) is 17.0 Å². The Bertz CT molecular complexity index is 1400. The number of halogens is 1. The van der Waals surface area contributed by atoms with Crippen LogP contribution in [0.5, 0.6) is 5.75 Å². The number of anilines is 2. The van der Waals surface area contributed by atoms with E-state index in [1.165, 1.54) is 6.92 Å². The van der Waals surface area contributed by atoms with Crippen molar-refractivity contribution in [3.63, 3.8) is 0 Å². The highest BCUT2D eigenvalue weighted by molar-refractivity contribution is 6.33. The second-order valence-electron chi connectivity index (χ2n) is 8.84. The summed E-state index contributed by atoms with van der Waals surface area (Å²) < 4.78 is 7.44. The van der Waals surface area contributed by atoms with Crippen LogP contribution in [0.15, 0.2) is 55.0 Å². The van der Waals surface area contributed by atoms with E-state index in [-0.39, 0.29) is 5.91 Å². The average Bonchev–Trinajstić information content (AvgIpc) is 3.33. The lowest BCUT2D eigenvalue weighted by Crippen LogP contribution is -2.42. The Kier molecular flexibility index (Phi) is 6.75. The second-order valence-corrected chi connectivity index (χ2v) is 9.25. The van der Waals surface area contributed by atoms with Crippen LogP contribution in [-0.4, -0.2) is 61.8 Å². The van der Waals surface area contributed by atoms with Gasteiger partial charge in [-0.25, -0.2) is 14.5 Å². The second kappa shape index (κ2) is 10.1. The van der Waals surface area contributed by atoms with Crippen molar-refractivity contribution < 1.29 is 14.6 Å². The summed E-state index contributed by atoms with van der Waals surface area (Å²) in [7, 11) is 1.63. The number of amides is 1. The summed E-state index contributed by atoms with van der Waals surface area (Å²) in [5, 5.41) is 17.6. The van der Waals surface area contributed by atoms with Gasteiger partial charge in [-0.05, 0) is 55.5 Å². The van der Waals surface area contributed by atoms with Crippen molar-refractivity contribution in [3.05, 3.63) is 65.6 Å². The minimum Gasteiger partial charge on any atom is -0.495 e. The number of methoxy groups -OCH3 is 1. The first kappa shape index (κ1) is 24.0. The lowest BCUT2D eigenvalue weighted by atomic mass is 9.89. The lowest BCUT2D eigenvalue weighted by molar-refractivity contribution is -0.140. The average molecular weight is 507 g/mol. The Balaban J connectivity index is 1.35. The van der Waals surface area contributed by atoms with Crippen LogP contribution in [0.2, 0.25) is 5.02 Å². The fourth-order valence-corrected chi connectivity index (χ4v) is 4.81. The molecule has 10 heteroatoms. The topological polar surface area (TPSA) is 105 Å². The maximum absolute atomic E-state index is 12.1. The number of fused-ring (bicyclic) bond motifs is 1. The third kappa shape index (κ3) is 4.72. The third-order valence-electron chi connectivity index (χ3n) is 6.53. The number of hydrogen-bond donors (Lipinski definition) is 2. The Morgan fingerprint density at radius 1 is 1.22 bits per heavy atom. The summed E-state index contributed by atoms with van der Waals surface area (Å²) in [6, 6.07) is 11.8. The van der Waals surface area contributed by atoms with Gasteiger partial charge in [0.25, 0.3) is 5.91 Å². The molecule has 0 saturated carbocycles. The molecule has 5 rings (SSSR count). The number of aliphatic hydroxyl groups is 1. The number of piperidine rings is 1. The molecule has 4 aromatic rings. The van der Waals surface area contributed by atoms with Gasteiger partial charge in [-0.1, -0.05) is 23.7 Å². The number of rotatable bonds is 6. The summed E-state index contributed by atoms with van der Waals surface area (Å²) >= 11 is 6.45. The first-order valence-corrected chi connectivity index (χ1v) is 12.2. The zero-order valence-corrected chi connectivity index (χ0v) is 20.8. The maximum Gasteiger partial charge on any atom is 0.251 e. The Labute approximate surface area is 213 Å². The summed E-state index contributed by atoms with van der Waals surface area (Å²) in [6.45, 7) is 2.76. The number of carbonyl (C=O) groups is 1. The van der Waals surface area contributed by atoms with Crippen LogP contribution in [0.25, 0.3) is 16.8 Å². The number of hydrogen-bond acceptors (Lipinski definition) is 7. The van der Waals surface area contributed by atoms with E-state index in [0.717, 1.165) is 35.2 Å². The summed E-state index contributed by atoms with van der Waals surface area (Å²) in [6.07, 6.45) is 5.88. The molecule has 0 radical (unpaired) electrons. The third-order valence-corrected chi connectivity index (χ3v) is 6.81. The number of nitrogens with zero attached hydrogens (tertiary/aromatic N) is 5. The molecular formula is C26H27ClN6O3. The van der Waals surface area contributed by atoms with Crippen molar-refractivity contribution in [2.24, 2.45) is 0 Å². The van der Waals surface area contributed by atoms with Crippen molar-refractivity contribution in [1.82, 2.24) is 24.5 Å². The smallest absolute Gasteiger partial charge is 0.251 e. The predicted octanol–water partition coefficient (Wildman–Crippen LogP) is 4.28. The molecule has 0 aliphatic carbocycles. The van der Waals surface area contributed by atoms with Crippen molar-refractivity contribution in [2.45, 2.75) is 31.8 Å². The molecule has 186 valence electrons. The lowest BCUT2D eigenvalue weighted by Gasteiger charge is -2.33. The fourth-order valence-electron chi connectivity index (χ4n) is 4.62. The monoisotopic (exact) mass is 506 g/mol. The molecule has 1 aliphatic heterocycles. The van der Waals surface area contributed by atoms with Crippen LogP contribution in [0.3, 0.4) is 0 Å². The van der Waals surface area contributed by atoms with Gasteiger partial charge in [0.2, 0.25) is 5.95 Å². The van der Waals surface area contributed by atoms with E-state index in [4.69, 9.17) is 16.3 Å². The molecule has 1 aromatic carbocycles. The number of nitrogens with one attached hydrogen (secondary N) is 1.